The number of rotatable bonds is 13. The van der Waals surface area contributed by atoms with E-state index in [4.69, 9.17) is 18.9 Å². The van der Waals surface area contributed by atoms with Gasteiger partial charge in [0.25, 0.3) is 0 Å². The highest BCUT2D eigenvalue weighted by molar-refractivity contribution is 5.91. The lowest BCUT2D eigenvalue weighted by atomic mass is 9.86. The molecule has 0 aromatic heterocycles. The third kappa shape index (κ3) is 7.57. The van der Waals surface area contributed by atoms with Crippen molar-refractivity contribution in [1.82, 2.24) is 10.2 Å². The third-order valence-electron chi connectivity index (χ3n) is 8.32. The van der Waals surface area contributed by atoms with Crippen molar-refractivity contribution in [1.29, 1.82) is 0 Å². The van der Waals surface area contributed by atoms with Gasteiger partial charge < -0.3 is 29.2 Å². The van der Waals surface area contributed by atoms with E-state index >= 15 is 0 Å². The molecule has 1 aliphatic rings. The lowest BCUT2D eigenvalue weighted by Crippen LogP contribution is -2.54. The first-order valence-electron chi connectivity index (χ1n) is 14.6. The number of benzene rings is 2. The van der Waals surface area contributed by atoms with Crippen molar-refractivity contribution in [3.63, 3.8) is 0 Å². The van der Waals surface area contributed by atoms with Crippen molar-refractivity contribution in [2.24, 2.45) is 11.3 Å². The third-order valence-corrected chi connectivity index (χ3v) is 8.32. The van der Waals surface area contributed by atoms with E-state index in [0.717, 1.165) is 28.3 Å². The van der Waals surface area contributed by atoms with E-state index in [1.807, 2.05) is 50.3 Å². The molecule has 2 unspecified atom stereocenters. The average molecular weight is 595 g/mol. The first kappa shape index (κ1) is 33.6. The van der Waals surface area contributed by atoms with Crippen LogP contribution in [-0.4, -0.2) is 69.4 Å². The number of amides is 2. The van der Waals surface area contributed by atoms with Crippen LogP contribution in [0.2, 0.25) is 0 Å². The van der Waals surface area contributed by atoms with Crippen LogP contribution >= 0.6 is 0 Å². The highest BCUT2D eigenvalue weighted by Crippen LogP contribution is 2.41. The SMILES string of the molecule is C=CCC(C)(C)CCOC(=O)N[C@H](C(=O)N1CC(OC)(c2ccc3cc(OC)c(C=C)cc3c2)CC1C(=O)OC)C(C)C. The number of likely N-dealkylation sites (tertiary alicyclic amines) is 1. The molecule has 9 heteroatoms. The fraction of sp³-hybridized carbons (Fsp3) is 0.500. The van der Waals surface area contributed by atoms with E-state index in [2.05, 4.69) is 32.3 Å². The van der Waals surface area contributed by atoms with E-state index in [9.17, 15) is 14.4 Å². The Morgan fingerprint density at radius 1 is 1.12 bits per heavy atom. The minimum atomic E-state index is -0.990. The Kier molecular flexibility index (Phi) is 11.0. The zero-order chi connectivity index (χ0) is 31.9. The van der Waals surface area contributed by atoms with Crippen LogP contribution in [0.1, 0.15) is 58.1 Å². The van der Waals surface area contributed by atoms with Gasteiger partial charge in [0, 0.05) is 19.1 Å². The van der Waals surface area contributed by atoms with Gasteiger partial charge in [0.15, 0.2) is 0 Å². The molecule has 43 heavy (non-hydrogen) atoms. The van der Waals surface area contributed by atoms with Crippen molar-refractivity contribution in [2.45, 2.75) is 64.6 Å². The molecule has 0 aliphatic carbocycles. The Labute approximate surface area is 255 Å². The summed E-state index contributed by atoms with van der Waals surface area (Å²) in [5.74, 6) is -0.526. The average Bonchev–Trinajstić information content (AvgIpc) is 3.39. The van der Waals surface area contributed by atoms with Crippen LogP contribution in [0.3, 0.4) is 0 Å². The molecule has 2 aromatic carbocycles. The molecule has 234 valence electrons. The number of nitrogens with one attached hydrogen (secondary N) is 1. The van der Waals surface area contributed by atoms with Gasteiger partial charge in [0.2, 0.25) is 5.91 Å². The fourth-order valence-corrected chi connectivity index (χ4v) is 5.61. The van der Waals surface area contributed by atoms with Crippen molar-refractivity contribution < 1.29 is 33.3 Å². The van der Waals surface area contributed by atoms with Crippen LogP contribution in [0, 0.1) is 11.3 Å². The van der Waals surface area contributed by atoms with Crippen LogP contribution in [0.4, 0.5) is 4.79 Å². The van der Waals surface area contributed by atoms with Crippen LogP contribution in [0.25, 0.3) is 16.8 Å². The first-order chi connectivity index (χ1) is 20.3. The lowest BCUT2D eigenvalue weighted by Gasteiger charge is -2.31. The van der Waals surface area contributed by atoms with E-state index in [0.29, 0.717) is 12.2 Å². The summed E-state index contributed by atoms with van der Waals surface area (Å²) in [5.41, 5.74) is 0.596. The van der Waals surface area contributed by atoms with E-state index < -0.39 is 35.7 Å². The first-order valence-corrected chi connectivity index (χ1v) is 14.6. The Hall–Kier alpha value is -3.85. The van der Waals surface area contributed by atoms with Crippen molar-refractivity contribution >= 4 is 34.8 Å². The molecule has 3 rings (SSSR count). The molecule has 3 atom stereocenters. The second-order valence-electron chi connectivity index (χ2n) is 12.2. The number of hydrogen-bond acceptors (Lipinski definition) is 7. The molecule has 2 aromatic rings. The number of esters is 1. The maximum Gasteiger partial charge on any atom is 0.407 e. The number of alkyl carbamates (subject to hydrolysis) is 1. The van der Waals surface area contributed by atoms with Crippen LogP contribution in [0.15, 0.2) is 49.6 Å². The van der Waals surface area contributed by atoms with Crippen molar-refractivity contribution in [2.75, 3.05) is 34.5 Å². The molecule has 1 aliphatic heterocycles. The topological polar surface area (TPSA) is 103 Å². The number of hydrogen-bond donors (Lipinski definition) is 1. The minimum Gasteiger partial charge on any atom is -0.496 e. The molecule has 0 saturated carbocycles. The van der Waals surface area contributed by atoms with Crippen molar-refractivity contribution in [3.05, 3.63) is 60.7 Å². The molecule has 0 bridgehead atoms. The second-order valence-corrected chi connectivity index (χ2v) is 12.2. The number of nitrogens with zero attached hydrogens (tertiary/aromatic N) is 1. The van der Waals surface area contributed by atoms with Crippen LogP contribution in [-0.2, 0) is 29.4 Å². The summed E-state index contributed by atoms with van der Waals surface area (Å²) in [6.45, 7) is 15.8. The van der Waals surface area contributed by atoms with Gasteiger partial charge in [-0.05, 0) is 58.7 Å². The molecular formula is C34H46N2O7. The predicted molar refractivity (Wildman–Crippen MR) is 168 cm³/mol. The highest BCUT2D eigenvalue weighted by Gasteiger charge is 2.52. The molecular weight excluding hydrogens is 548 g/mol. The summed E-state index contributed by atoms with van der Waals surface area (Å²) in [6.07, 6.45) is 4.51. The largest absolute Gasteiger partial charge is 0.496 e. The van der Waals surface area contributed by atoms with Crippen molar-refractivity contribution in [3.8, 4) is 5.75 Å². The number of fused-ring (bicyclic) bond motifs is 1. The number of carbonyl (C=O) groups is 3. The molecule has 1 fully saturated rings. The molecule has 1 saturated heterocycles. The second kappa shape index (κ2) is 14.1. The smallest absolute Gasteiger partial charge is 0.407 e. The molecule has 2 amide bonds. The van der Waals surface area contributed by atoms with Gasteiger partial charge in [-0.15, -0.1) is 6.58 Å². The molecule has 9 nitrogen and oxygen atoms in total. The van der Waals surface area contributed by atoms with Gasteiger partial charge in [0.05, 0.1) is 27.4 Å². The van der Waals surface area contributed by atoms with E-state index in [1.54, 1.807) is 20.3 Å². The van der Waals surface area contributed by atoms with Gasteiger partial charge in [-0.3, -0.25) is 4.79 Å². The predicted octanol–water partition coefficient (Wildman–Crippen LogP) is 5.85. The summed E-state index contributed by atoms with van der Waals surface area (Å²) in [6, 6.07) is 7.98. The van der Waals surface area contributed by atoms with Gasteiger partial charge in [0.1, 0.15) is 23.4 Å². The van der Waals surface area contributed by atoms with Gasteiger partial charge >= 0.3 is 12.1 Å². The monoisotopic (exact) mass is 594 g/mol. The quantitative estimate of drug-likeness (QED) is 0.229. The zero-order valence-corrected chi connectivity index (χ0v) is 26.5. The Bertz CT molecular complexity index is 1350. The maximum absolute atomic E-state index is 14.0. The summed E-state index contributed by atoms with van der Waals surface area (Å²) in [4.78, 5) is 41.3. The number of ether oxygens (including phenoxy) is 4. The Balaban J connectivity index is 1.89. The number of carbonyl (C=O) groups excluding carboxylic acids is 3. The fourth-order valence-electron chi connectivity index (χ4n) is 5.61. The molecule has 1 heterocycles. The summed E-state index contributed by atoms with van der Waals surface area (Å²) < 4.78 is 22.1. The van der Waals surface area contributed by atoms with Gasteiger partial charge in [-0.2, -0.15) is 0 Å². The van der Waals surface area contributed by atoms with Gasteiger partial charge in [-0.25, -0.2) is 9.59 Å². The number of methoxy groups -OCH3 is 3. The minimum absolute atomic E-state index is 0.0653. The van der Waals surface area contributed by atoms with E-state index in [-0.39, 0.29) is 30.9 Å². The Morgan fingerprint density at radius 3 is 2.42 bits per heavy atom. The normalized spacial score (nSPS) is 19.2. The van der Waals surface area contributed by atoms with E-state index in [1.165, 1.54) is 12.0 Å². The summed E-state index contributed by atoms with van der Waals surface area (Å²) >= 11 is 0. The molecule has 0 spiro atoms. The van der Waals surface area contributed by atoms with Crippen LogP contribution < -0.4 is 10.1 Å². The summed E-state index contributed by atoms with van der Waals surface area (Å²) in [7, 11) is 4.48. The highest BCUT2D eigenvalue weighted by atomic mass is 16.5. The summed E-state index contributed by atoms with van der Waals surface area (Å²) in [5, 5.41) is 4.63. The lowest BCUT2D eigenvalue weighted by molar-refractivity contribution is -0.151. The maximum atomic E-state index is 14.0. The standard InChI is InChI=1S/C34H46N2O7/c1-10-14-33(5,6)15-16-43-32(39)35-29(22(3)4)30(37)36-21-34(42-9,20-27(36)31(38)41-8)26-13-12-24-19-28(40-7)23(11-2)17-25(24)18-26/h10-13,17-19,22,27,29H,1-2,14-16,20-21H2,3-9H3,(H,35,39)/t27?,29-,34?/m0/s1. The molecule has 1 N–H and O–H groups in total. The Morgan fingerprint density at radius 2 is 1.84 bits per heavy atom. The number of allylic oxidation sites excluding steroid dienone is 1. The zero-order valence-electron chi connectivity index (χ0n) is 26.5. The molecule has 0 radical (unpaired) electrons. The van der Waals surface area contributed by atoms with Gasteiger partial charge in [-0.1, -0.05) is 58.6 Å². The van der Waals surface area contributed by atoms with Crippen LogP contribution in [0.5, 0.6) is 5.75 Å².